The lowest BCUT2D eigenvalue weighted by atomic mass is 10.1. The molecule has 1 saturated heterocycles. The number of rotatable bonds is 5. The van der Waals surface area contributed by atoms with Crippen molar-refractivity contribution in [1.29, 1.82) is 0 Å². The molecule has 0 aliphatic carbocycles. The maximum atomic E-state index is 13.9. The number of benzene rings is 2. The lowest BCUT2D eigenvalue weighted by Gasteiger charge is -2.24. The highest BCUT2D eigenvalue weighted by Crippen LogP contribution is 2.40. The number of hydrogen-bond acceptors (Lipinski definition) is 3. The summed E-state index contributed by atoms with van der Waals surface area (Å²) in [5.74, 6) is -0.464. The van der Waals surface area contributed by atoms with Crippen LogP contribution in [0.5, 0.6) is 0 Å². The van der Waals surface area contributed by atoms with Crippen molar-refractivity contribution in [3.05, 3.63) is 65.2 Å². The van der Waals surface area contributed by atoms with Crippen molar-refractivity contribution < 1.29 is 13.6 Å². The Hall–Kier alpha value is -1.53. The fourth-order valence-corrected chi connectivity index (χ4v) is 4.50. The van der Waals surface area contributed by atoms with Crippen LogP contribution in [0.4, 0.5) is 8.78 Å². The normalized spacial score (nSPS) is 17.5. The predicted octanol–water partition coefficient (Wildman–Crippen LogP) is 4.85. The van der Waals surface area contributed by atoms with Gasteiger partial charge < -0.3 is 4.90 Å². The lowest BCUT2D eigenvalue weighted by molar-refractivity contribution is -0.128. The molecule has 24 heavy (non-hydrogen) atoms. The molecule has 1 heterocycles. The first kappa shape index (κ1) is 17.3. The minimum Gasteiger partial charge on any atom is -0.321 e. The van der Waals surface area contributed by atoms with Crippen molar-refractivity contribution in [2.75, 3.05) is 11.5 Å². The van der Waals surface area contributed by atoms with E-state index in [9.17, 15) is 13.6 Å². The van der Waals surface area contributed by atoms with E-state index in [0.29, 0.717) is 5.75 Å². The molecule has 1 atom stereocenters. The molecule has 1 fully saturated rings. The summed E-state index contributed by atoms with van der Waals surface area (Å²) in [6, 6.07) is 12.1. The van der Waals surface area contributed by atoms with Gasteiger partial charge in [-0.05, 0) is 29.5 Å². The number of amides is 1. The lowest BCUT2D eigenvalue weighted by Crippen LogP contribution is -2.28. The molecule has 2 nitrogen and oxygen atoms in total. The number of nitrogens with zero attached hydrogens (tertiary/aromatic N) is 1. The summed E-state index contributed by atoms with van der Waals surface area (Å²) < 4.78 is 27.3. The first-order chi connectivity index (χ1) is 11.6. The molecule has 2 aromatic rings. The van der Waals surface area contributed by atoms with Crippen LogP contribution in [0.1, 0.15) is 23.4 Å². The molecule has 0 radical (unpaired) electrons. The summed E-state index contributed by atoms with van der Waals surface area (Å²) in [6.45, 7) is 2.17. The topological polar surface area (TPSA) is 20.3 Å². The molecule has 0 saturated carbocycles. The summed E-state index contributed by atoms with van der Waals surface area (Å²) in [5, 5.41) is -0.166. The third kappa shape index (κ3) is 3.59. The first-order valence-electron chi connectivity index (χ1n) is 7.67. The molecule has 1 unspecified atom stereocenters. The third-order valence-electron chi connectivity index (χ3n) is 3.82. The molecule has 0 aromatic heterocycles. The molecule has 1 aliphatic heterocycles. The maximum Gasteiger partial charge on any atom is 0.234 e. The maximum absolute atomic E-state index is 13.9. The molecule has 6 heteroatoms. The Bertz CT molecular complexity index is 736. The Balaban J connectivity index is 1.82. The van der Waals surface area contributed by atoms with Crippen molar-refractivity contribution in [2.45, 2.75) is 23.7 Å². The Labute approximate surface area is 148 Å². The summed E-state index contributed by atoms with van der Waals surface area (Å²) in [4.78, 5) is 15.0. The van der Waals surface area contributed by atoms with E-state index in [1.165, 1.54) is 28.8 Å². The highest BCUT2D eigenvalue weighted by molar-refractivity contribution is 8.00. The summed E-state index contributed by atoms with van der Waals surface area (Å²) >= 11 is 3.27. The summed E-state index contributed by atoms with van der Waals surface area (Å²) in [5.41, 5.74) is 1.21. The van der Waals surface area contributed by atoms with Gasteiger partial charge in [0.25, 0.3) is 0 Å². The Kier molecular flexibility index (Phi) is 5.46. The van der Waals surface area contributed by atoms with Crippen LogP contribution < -0.4 is 0 Å². The third-order valence-corrected chi connectivity index (χ3v) is 5.97. The Morgan fingerprint density at radius 1 is 1.21 bits per heavy atom. The molecule has 1 aliphatic rings. The number of thioether (sulfide) groups is 2. The Morgan fingerprint density at radius 3 is 2.67 bits per heavy atom. The van der Waals surface area contributed by atoms with Crippen molar-refractivity contribution >= 4 is 29.4 Å². The van der Waals surface area contributed by atoms with Crippen LogP contribution in [0.15, 0.2) is 47.4 Å². The van der Waals surface area contributed by atoms with Gasteiger partial charge in [-0.1, -0.05) is 31.2 Å². The van der Waals surface area contributed by atoms with Gasteiger partial charge in [0.15, 0.2) is 11.6 Å². The number of carbonyl (C=O) groups excluding carboxylic acids is 1. The van der Waals surface area contributed by atoms with Crippen molar-refractivity contribution in [3.63, 3.8) is 0 Å². The molecule has 0 N–H and O–H groups in total. The largest absolute Gasteiger partial charge is 0.321 e. The van der Waals surface area contributed by atoms with E-state index in [4.69, 9.17) is 0 Å². The smallest absolute Gasteiger partial charge is 0.234 e. The van der Waals surface area contributed by atoms with Crippen LogP contribution in [0.3, 0.4) is 0 Å². The van der Waals surface area contributed by atoms with Gasteiger partial charge in [0.2, 0.25) is 5.91 Å². The van der Waals surface area contributed by atoms with E-state index in [1.54, 1.807) is 16.7 Å². The average molecular weight is 365 g/mol. The number of hydrogen-bond donors (Lipinski definition) is 0. The van der Waals surface area contributed by atoms with E-state index in [-0.39, 0.29) is 23.4 Å². The van der Waals surface area contributed by atoms with Crippen LogP contribution in [-0.2, 0) is 11.3 Å². The molecule has 3 rings (SSSR count). The second kappa shape index (κ2) is 7.57. The van der Waals surface area contributed by atoms with Crippen LogP contribution >= 0.6 is 23.5 Å². The van der Waals surface area contributed by atoms with E-state index >= 15 is 0 Å². The van der Waals surface area contributed by atoms with E-state index in [1.807, 2.05) is 24.3 Å². The van der Waals surface area contributed by atoms with Crippen LogP contribution in [0.2, 0.25) is 0 Å². The van der Waals surface area contributed by atoms with E-state index < -0.39 is 11.6 Å². The number of carbonyl (C=O) groups is 1. The monoisotopic (exact) mass is 365 g/mol. The van der Waals surface area contributed by atoms with Crippen molar-refractivity contribution in [1.82, 2.24) is 4.90 Å². The standard InChI is InChI=1S/C18H17F2NOS2/c1-2-23-14-8-6-12(7-9-14)18-21(16(22)11-24-18)10-13-4-3-5-15(19)17(13)20/h3-9,18H,2,10-11H2,1H3. The van der Waals surface area contributed by atoms with Crippen LogP contribution in [-0.4, -0.2) is 22.3 Å². The Morgan fingerprint density at radius 2 is 1.96 bits per heavy atom. The summed E-state index contributed by atoms with van der Waals surface area (Å²) in [6.07, 6.45) is 0. The molecule has 1 amide bonds. The quantitative estimate of drug-likeness (QED) is 0.707. The molecular formula is C18H17F2NOS2. The molecule has 0 spiro atoms. The zero-order chi connectivity index (χ0) is 17.1. The van der Waals surface area contributed by atoms with Gasteiger partial charge in [-0.15, -0.1) is 23.5 Å². The molecule has 0 bridgehead atoms. The SMILES string of the molecule is CCSc1ccc(C2SCC(=O)N2Cc2cccc(F)c2F)cc1. The number of halogens is 2. The second-order valence-electron chi connectivity index (χ2n) is 5.40. The van der Waals surface area contributed by atoms with Gasteiger partial charge in [-0.2, -0.15) is 0 Å². The average Bonchev–Trinajstić information content (AvgIpc) is 2.94. The molecule has 2 aromatic carbocycles. The van der Waals surface area contributed by atoms with E-state index in [0.717, 1.165) is 17.4 Å². The highest BCUT2D eigenvalue weighted by atomic mass is 32.2. The minimum absolute atomic E-state index is 0.0549. The fourth-order valence-electron chi connectivity index (χ4n) is 2.65. The van der Waals surface area contributed by atoms with Gasteiger partial charge in [0.1, 0.15) is 5.37 Å². The van der Waals surface area contributed by atoms with Gasteiger partial charge in [0.05, 0.1) is 12.3 Å². The van der Waals surface area contributed by atoms with Crippen LogP contribution in [0.25, 0.3) is 0 Å². The van der Waals surface area contributed by atoms with Gasteiger partial charge >= 0.3 is 0 Å². The minimum atomic E-state index is -0.885. The molecule has 126 valence electrons. The van der Waals surface area contributed by atoms with Gasteiger partial charge in [-0.25, -0.2) is 8.78 Å². The van der Waals surface area contributed by atoms with Gasteiger partial charge in [-0.3, -0.25) is 4.79 Å². The van der Waals surface area contributed by atoms with Crippen LogP contribution in [0, 0.1) is 11.6 Å². The fraction of sp³-hybridized carbons (Fsp3) is 0.278. The second-order valence-corrected chi connectivity index (χ2v) is 7.81. The first-order valence-corrected chi connectivity index (χ1v) is 9.70. The zero-order valence-corrected chi connectivity index (χ0v) is 14.8. The van der Waals surface area contributed by atoms with Crippen molar-refractivity contribution in [2.24, 2.45) is 0 Å². The molecular weight excluding hydrogens is 348 g/mol. The zero-order valence-electron chi connectivity index (χ0n) is 13.2. The van der Waals surface area contributed by atoms with E-state index in [2.05, 4.69) is 6.92 Å². The van der Waals surface area contributed by atoms with Crippen molar-refractivity contribution in [3.8, 4) is 0 Å². The van der Waals surface area contributed by atoms with Gasteiger partial charge in [0, 0.05) is 10.5 Å². The predicted molar refractivity (Wildman–Crippen MR) is 94.9 cm³/mol. The summed E-state index contributed by atoms with van der Waals surface area (Å²) in [7, 11) is 0. The highest BCUT2D eigenvalue weighted by Gasteiger charge is 2.33.